The number of nitrogens with zero attached hydrogens (tertiary/aromatic N) is 7. The van der Waals surface area contributed by atoms with Crippen molar-refractivity contribution in [3.05, 3.63) is 65.0 Å². The molecule has 0 amide bonds. The van der Waals surface area contributed by atoms with E-state index in [0.29, 0.717) is 17.4 Å². The number of benzene rings is 1. The summed E-state index contributed by atoms with van der Waals surface area (Å²) in [7, 11) is 1.62. The lowest BCUT2D eigenvalue weighted by Crippen LogP contribution is -2.20. The van der Waals surface area contributed by atoms with Gasteiger partial charge in [0.05, 0.1) is 19.1 Å². The van der Waals surface area contributed by atoms with Crippen molar-refractivity contribution < 1.29 is 4.74 Å². The van der Waals surface area contributed by atoms with E-state index >= 15 is 0 Å². The molecule has 3 aromatic heterocycles. The van der Waals surface area contributed by atoms with Gasteiger partial charge >= 0.3 is 0 Å². The molecular formula is C26H28ClN7O. The van der Waals surface area contributed by atoms with E-state index in [1.54, 1.807) is 13.4 Å². The molecule has 1 atom stereocenters. The summed E-state index contributed by atoms with van der Waals surface area (Å²) in [6.07, 6.45) is 8.21. The number of methoxy groups -OCH3 is 1. The number of fused-ring (bicyclic) bond motifs is 1. The van der Waals surface area contributed by atoms with Gasteiger partial charge in [-0.2, -0.15) is 0 Å². The molecule has 35 heavy (non-hydrogen) atoms. The highest BCUT2D eigenvalue weighted by Crippen LogP contribution is 2.39. The van der Waals surface area contributed by atoms with Gasteiger partial charge in [0, 0.05) is 42.5 Å². The van der Waals surface area contributed by atoms with Crippen LogP contribution in [0.3, 0.4) is 0 Å². The molecule has 1 saturated heterocycles. The average Bonchev–Trinajstić information content (AvgIpc) is 3.64. The number of anilines is 1. The van der Waals surface area contributed by atoms with E-state index in [4.69, 9.17) is 31.4 Å². The van der Waals surface area contributed by atoms with E-state index in [1.165, 1.54) is 18.5 Å². The van der Waals surface area contributed by atoms with Crippen LogP contribution in [0.25, 0.3) is 17.2 Å². The van der Waals surface area contributed by atoms with E-state index in [2.05, 4.69) is 22.0 Å². The molecule has 0 N–H and O–H groups in total. The fourth-order valence-electron chi connectivity index (χ4n) is 5.18. The van der Waals surface area contributed by atoms with Gasteiger partial charge in [0.25, 0.3) is 0 Å². The molecule has 1 aromatic carbocycles. The highest BCUT2D eigenvalue weighted by molar-refractivity contribution is 6.31. The Labute approximate surface area is 209 Å². The van der Waals surface area contributed by atoms with Gasteiger partial charge in [-0.3, -0.25) is 0 Å². The maximum atomic E-state index is 6.73. The van der Waals surface area contributed by atoms with E-state index < -0.39 is 0 Å². The van der Waals surface area contributed by atoms with Crippen molar-refractivity contribution in [1.82, 2.24) is 29.3 Å². The van der Waals surface area contributed by atoms with Crippen molar-refractivity contribution in [2.75, 3.05) is 25.1 Å². The molecule has 0 radical (unpaired) electrons. The maximum Gasteiger partial charge on any atom is 0.238 e. The van der Waals surface area contributed by atoms with Crippen LogP contribution in [-0.4, -0.2) is 49.5 Å². The lowest BCUT2D eigenvalue weighted by atomic mass is 9.90. The Morgan fingerprint density at radius 3 is 2.66 bits per heavy atom. The summed E-state index contributed by atoms with van der Waals surface area (Å²) in [6.45, 7) is 5.00. The van der Waals surface area contributed by atoms with Crippen LogP contribution in [0, 0.1) is 6.92 Å². The van der Waals surface area contributed by atoms with Crippen LogP contribution >= 0.6 is 11.6 Å². The van der Waals surface area contributed by atoms with Crippen molar-refractivity contribution in [3.63, 3.8) is 0 Å². The zero-order valence-electron chi connectivity index (χ0n) is 20.0. The first-order valence-electron chi connectivity index (χ1n) is 12.2. The molecule has 4 aromatic rings. The Morgan fingerprint density at radius 2 is 1.89 bits per heavy atom. The average molecular weight is 490 g/mol. The minimum Gasteiger partial charge on any atom is -0.479 e. The van der Waals surface area contributed by atoms with E-state index in [1.807, 2.05) is 40.6 Å². The van der Waals surface area contributed by atoms with Gasteiger partial charge in [-0.25, -0.2) is 19.6 Å². The number of hydrogen-bond donors (Lipinski definition) is 0. The van der Waals surface area contributed by atoms with Gasteiger partial charge in [0.15, 0.2) is 5.82 Å². The molecule has 5 heterocycles. The van der Waals surface area contributed by atoms with E-state index in [9.17, 15) is 0 Å². The number of rotatable bonds is 5. The third-order valence-electron chi connectivity index (χ3n) is 6.95. The molecule has 1 fully saturated rings. The molecule has 180 valence electrons. The Hall–Kier alpha value is -3.39. The highest BCUT2D eigenvalue weighted by Gasteiger charge is 2.29. The zero-order valence-corrected chi connectivity index (χ0v) is 20.7. The molecule has 0 bridgehead atoms. The monoisotopic (exact) mass is 489 g/mol. The van der Waals surface area contributed by atoms with E-state index in [0.717, 1.165) is 60.3 Å². The summed E-state index contributed by atoms with van der Waals surface area (Å²) in [5.41, 5.74) is 4.81. The molecule has 0 spiro atoms. The Balaban J connectivity index is 1.36. The third kappa shape index (κ3) is 4.05. The Kier molecular flexibility index (Phi) is 5.68. The predicted octanol–water partition coefficient (Wildman–Crippen LogP) is 5.02. The van der Waals surface area contributed by atoms with Gasteiger partial charge in [0.1, 0.15) is 17.2 Å². The highest BCUT2D eigenvalue weighted by atomic mass is 35.5. The number of hydrogen-bond acceptors (Lipinski definition) is 6. The number of aromatic nitrogens is 6. The summed E-state index contributed by atoms with van der Waals surface area (Å²) in [6, 6.07) is 10.3. The summed E-state index contributed by atoms with van der Waals surface area (Å²) < 4.78 is 9.52. The first kappa shape index (κ1) is 22.1. The smallest absolute Gasteiger partial charge is 0.238 e. The standard InChI is InChI=1S/C26H28ClN7O/c1-17-15-33(16-28-17)23-10-9-22(29-26(23)35-2)24-30-25-19(6-5-13-34(25)31-24)20-14-18(7-8-21(20)27)32-11-3-4-12-32/h7-10,14-16,19H,3-6,11-13H2,1-2H3/t19-/m0/s1. The number of ether oxygens (including phenoxy) is 1. The minimum atomic E-state index is 0.107. The topological polar surface area (TPSA) is 73.9 Å². The van der Waals surface area contributed by atoms with Crippen LogP contribution in [-0.2, 0) is 6.54 Å². The second-order valence-electron chi connectivity index (χ2n) is 9.26. The second-order valence-corrected chi connectivity index (χ2v) is 9.67. The number of imidazole rings is 1. The number of aryl methyl sites for hydroxylation is 2. The molecule has 2 aliphatic rings. The van der Waals surface area contributed by atoms with Crippen LogP contribution < -0.4 is 9.64 Å². The summed E-state index contributed by atoms with van der Waals surface area (Å²) in [5, 5.41) is 5.61. The van der Waals surface area contributed by atoms with E-state index in [-0.39, 0.29) is 5.92 Å². The SMILES string of the molecule is COc1nc(-c2nc3n(n2)CCC[C@H]3c2cc(N3CCCC3)ccc2Cl)ccc1-n1cnc(C)c1. The van der Waals surface area contributed by atoms with Crippen LogP contribution in [0.5, 0.6) is 5.88 Å². The fraction of sp³-hybridized carbons (Fsp3) is 0.385. The number of halogens is 1. The van der Waals surface area contributed by atoms with Crippen LogP contribution in [0.4, 0.5) is 5.69 Å². The number of pyridine rings is 1. The van der Waals surface area contributed by atoms with Crippen molar-refractivity contribution >= 4 is 17.3 Å². The quantitative estimate of drug-likeness (QED) is 0.392. The molecule has 0 unspecified atom stereocenters. The maximum absolute atomic E-state index is 6.73. The Bertz CT molecular complexity index is 1370. The van der Waals surface area contributed by atoms with Crippen molar-refractivity contribution in [3.8, 4) is 23.1 Å². The predicted molar refractivity (Wildman–Crippen MR) is 136 cm³/mol. The molecule has 8 nitrogen and oxygen atoms in total. The first-order chi connectivity index (χ1) is 17.1. The second kappa shape index (κ2) is 9.00. The van der Waals surface area contributed by atoms with Crippen LogP contribution in [0.15, 0.2) is 42.9 Å². The van der Waals surface area contributed by atoms with Gasteiger partial charge in [-0.15, -0.1) is 5.10 Å². The molecule has 2 aliphatic heterocycles. The fourth-order valence-corrected chi connectivity index (χ4v) is 5.43. The summed E-state index contributed by atoms with van der Waals surface area (Å²) >= 11 is 6.73. The molecular weight excluding hydrogens is 462 g/mol. The lowest BCUT2D eigenvalue weighted by Gasteiger charge is -2.25. The summed E-state index contributed by atoms with van der Waals surface area (Å²) in [4.78, 5) is 16.5. The van der Waals surface area contributed by atoms with Gasteiger partial charge < -0.3 is 14.2 Å². The van der Waals surface area contributed by atoms with Gasteiger partial charge in [-0.05, 0) is 68.5 Å². The molecule has 6 rings (SSSR count). The van der Waals surface area contributed by atoms with Crippen molar-refractivity contribution in [1.29, 1.82) is 0 Å². The minimum absolute atomic E-state index is 0.107. The molecule has 0 aliphatic carbocycles. The summed E-state index contributed by atoms with van der Waals surface area (Å²) in [5.74, 6) is 2.16. The first-order valence-corrected chi connectivity index (χ1v) is 12.5. The normalized spacial score (nSPS) is 17.6. The van der Waals surface area contributed by atoms with Crippen LogP contribution in [0.2, 0.25) is 5.02 Å². The zero-order chi connectivity index (χ0) is 23.9. The third-order valence-corrected chi connectivity index (χ3v) is 7.30. The van der Waals surface area contributed by atoms with Crippen molar-refractivity contribution in [2.24, 2.45) is 0 Å². The van der Waals surface area contributed by atoms with Gasteiger partial charge in [0.2, 0.25) is 5.88 Å². The lowest BCUT2D eigenvalue weighted by molar-refractivity contribution is 0.396. The largest absolute Gasteiger partial charge is 0.479 e. The Morgan fingerprint density at radius 1 is 1.03 bits per heavy atom. The van der Waals surface area contributed by atoms with Crippen molar-refractivity contribution in [2.45, 2.75) is 45.1 Å². The molecule has 0 saturated carbocycles. The molecule has 9 heteroatoms. The van der Waals surface area contributed by atoms with Crippen LogP contribution in [0.1, 0.15) is 48.7 Å². The van der Waals surface area contributed by atoms with Gasteiger partial charge in [-0.1, -0.05) is 11.6 Å².